The molecule has 6 nitrogen and oxygen atoms in total. The third-order valence-electron chi connectivity index (χ3n) is 6.11. The number of aromatic nitrogens is 2. The molecular formula is C24H34Cl2N6. The van der Waals surface area contributed by atoms with Crippen LogP contribution in [-0.4, -0.2) is 35.1 Å². The van der Waals surface area contributed by atoms with Crippen LogP contribution >= 0.6 is 24.8 Å². The van der Waals surface area contributed by atoms with Crippen LogP contribution in [0.15, 0.2) is 30.3 Å². The topological polar surface area (TPSA) is 76.9 Å². The lowest BCUT2D eigenvalue weighted by Gasteiger charge is -2.26. The summed E-state index contributed by atoms with van der Waals surface area (Å²) in [6.45, 7) is 4.20. The van der Waals surface area contributed by atoms with Gasteiger partial charge in [0, 0.05) is 42.6 Å². The average Bonchev–Trinajstić information content (AvgIpc) is 3.23. The standard InChI is InChI=1S/C24H32N6.2ClH/c1-2-7-20-15-23(29-24(27-20)28-21-11-6-8-18(14-21)16-25)30-13-12-22(17-30)26-19-9-4-3-5-10-19;;/h6,8,11,14-15,19,22,26H,2-5,7,9-10,12-13,17H2,1H3,(H,27,28,29);2*1H/t22-;;/m0../s1. The number of rotatable bonds is 7. The van der Waals surface area contributed by atoms with Crippen LogP contribution in [0.5, 0.6) is 0 Å². The van der Waals surface area contributed by atoms with Crippen LogP contribution in [0.25, 0.3) is 0 Å². The second kappa shape index (κ2) is 12.8. The Morgan fingerprint density at radius 1 is 1.06 bits per heavy atom. The highest BCUT2D eigenvalue weighted by atomic mass is 35.5. The van der Waals surface area contributed by atoms with Gasteiger partial charge in [-0.1, -0.05) is 38.7 Å². The summed E-state index contributed by atoms with van der Waals surface area (Å²) < 4.78 is 0. The van der Waals surface area contributed by atoms with E-state index in [9.17, 15) is 0 Å². The van der Waals surface area contributed by atoms with Crippen LogP contribution in [0.3, 0.4) is 0 Å². The first kappa shape index (κ1) is 26.2. The van der Waals surface area contributed by atoms with Gasteiger partial charge in [0.05, 0.1) is 11.6 Å². The first-order valence-corrected chi connectivity index (χ1v) is 11.4. The maximum Gasteiger partial charge on any atom is 0.229 e. The zero-order chi connectivity index (χ0) is 20.8. The molecule has 2 fully saturated rings. The monoisotopic (exact) mass is 476 g/mol. The molecule has 2 heterocycles. The summed E-state index contributed by atoms with van der Waals surface area (Å²) in [5, 5.41) is 16.3. The Balaban J connectivity index is 0.00000181. The van der Waals surface area contributed by atoms with Crippen LogP contribution in [-0.2, 0) is 6.42 Å². The molecule has 0 bridgehead atoms. The predicted octanol–water partition coefficient (Wildman–Crippen LogP) is 5.39. The van der Waals surface area contributed by atoms with Gasteiger partial charge in [-0.3, -0.25) is 0 Å². The van der Waals surface area contributed by atoms with Crippen molar-refractivity contribution < 1.29 is 0 Å². The Morgan fingerprint density at radius 3 is 2.62 bits per heavy atom. The highest BCUT2D eigenvalue weighted by Gasteiger charge is 2.26. The molecule has 2 N–H and O–H groups in total. The summed E-state index contributed by atoms with van der Waals surface area (Å²) in [6, 6.07) is 13.0. The van der Waals surface area contributed by atoms with Crippen molar-refractivity contribution in [3.8, 4) is 6.07 Å². The number of nitrogens with zero attached hydrogens (tertiary/aromatic N) is 4. The fraction of sp³-hybridized carbons (Fsp3) is 0.542. The lowest BCUT2D eigenvalue weighted by atomic mass is 9.95. The van der Waals surface area contributed by atoms with Crippen molar-refractivity contribution in [2.45, 2.75) is 70.4 Å². The molecule has 2 aliphatic rings. The smallest absolute Gasteiger partial charge is 0.229 e. The van der Waals surface area contributed by atoms with Gasteiger partial charge < -0.3 is 15.5 Å². The molecule has 2 aromatic rings. The van der Waals surface area contributed by atoms with Crippen LogP contribution < -0.4 is 15.5 Å². The molecular weight excluding hydrogens is 443 g/mol. The van der Waals surface area contributed by atoms with Crippen molar-refractivity contribution in [3.05, 3.63) is 41.6 Å². The minimum atomic E-state index is 0. The highest BCUT2D eigenvalue weighted by Crippen LogP contribution is 2.25. The highest BCUT2D eigenvalue weighted by molar-refractivity contribution is 5.85. The second-order valence-electron chi connectivity index (χ2n) is 8.54. The number of nitriles is 1. The van der Waals surface area contributed by atoms with E-state index in [2.05, 4.69) is 34.6 Å². The van der Waals surface area contributed by atoms with E-state index >= 15 is 0 Å². The molecule has 1 aromatic heterocycles. The summed E-state index contributed by atoms with van der Waals surface area (Å²) in [5.74, 6) is 1.61. The van der Waals surface area contributed by atoms with Crippen molar-refractivity contribution in [1.29, 1.82) is 5.26 Å². The van der Waals surface area contributed by atoms with Crippen LogP contribution in [0.1, 0.15) is 63.1 Å². The van der Waals surface area contributed by atoms with Crippen molar-refractivity contribution in [2.24, 2.45) is 0 Å². The van der Waals surface area contributed by atoms with Gasteiger partial charge in [-0.15, -0.1) is 24.8 Å². The molecule has 1 aliphatic carbocycles. The molecule has 1 aliphatic heterocycles. The molecule has 0 radical (unpaired) electrons. The number of anilines is 3. The van der Waals surface area contributed by atoms with Crippen LogP contribution in [0.4, 0.5) is 17.5 Å². The van der Waals surface area contributed by atoms with Crippen molar-refractivity contribution in [3.63, 3.8) is 0 Å². The van der Waals surface area contributed by atoms with E-state index in [-0.39, 0.29) is 24.8 Å². The van der Waals surface area contributed by atoms with Gasteiger partial charge >= 0.3 is 0 Å². The van der Waals surface area contributed by atoms with E-state index in [1.807, 2.05) is 18.2 Å². The number of nitrogens with one attached hydrogen (secondary N) is 2. The van der Waals surface area contributed by atoms with E-state index in [1.165, 1.54) is 32.1 Å². The Kier molecular flexibility index (Phi) is 10.5. The molecule has 1 aromatic carbocycles. The van der Waals surface area contributed by atoms with Crippen molar-refractivity contribution in [1.82, 2.24) is 15.3 Å². The molecule has 1 saturated heterocycles. The lowest BCUT2D eigenvalue weighted by Crippen LogP contribution is -2.41. The Bertz CT molecular complexity index is 894. The molecule has 1 saturated carbocycles. The van der Waals surface area contributed by atoms with E-state index in [0.29, 0.717) is 23.6 Å². The number of hydrogen-bond donors (Lipinski definition) is 2. The quantitative estimate of drug-likeness (QED) is 0.557. The van der Waals surface area contributed by atoms with Crippen LogP contribution in [0, 0.1) is 11.3 Å². The van der Waals surface area contributed by atoms with E-state index in [1.54, 1.807) is 6.07 Å². The average molecular weight is 477 g/mol. The summed E-state index contributed by atoms with van der Waals surface area (Å²) in [7, 11) is 0. The Hall–Kier alpha value is -2.07. The Morgan fingerprint density at radius 2 is 1.88 bits per heavy atom. The van der Waals surface area contributed by atoms with E-state index in [0.717, 1.165) is 49.6 Å². The maximum absolute atomic E-state index is 9.15. The lowest BCUT2D eigenvalue weighted by molar-refractivity contribution is 0.344. The van der Waals surface area contributed by atoms with E-state index in [4.69, 9.17) is 15.2 Å². The SMILES string of the molecule is CCCc1cc(N2CC[C@H](NC3CCCCC3)C2)nc(Nc2cccc(C#N)c2)n1.Cl.Cl. The van der Waals surface area contributed by atoms with E-state index < -0.39 is 0 Å². The first-order valence-electron chi connectivity index (χ1n) is 11.4. The van der Waals surface area contributed by atoms with Gasteiger partial charge in [-0.05, 0) is 43.9 Å². The normalized spacial score (nSPS) is 18.4. The molecule has 4 rings (SSSR count). The second-order valence-corrected chi connectivity index (χ2v) is 8.54. The number of aryl methyl sites for hydroxylation is 1. The summed E-state index contributed by atoms with van der Waals surface area (Å²) in [4.78, 5) is 11.9. The zero-order valence-corrected chi connectivity index (χ0v) is 20.4. The maximum atomic E-state index is 9.15. The van der Waals surface area contributed by atoms with Crippen molar-refractivity contribution >= 4 is 42.3 Å². The predicted molar refractivity (Wildman–Crippen MR) is 136 cm³/mol. The zero-order valence-electron chi connectivity index (χ0n) is 18.7. The number of benzene rings is 1. The number of halogens is 2. The van der Waals surface area contributed by atoms with Crippen LogP contribution in [0.2, 0.25) is 0 Å². The third-order valence-corrected chi connectivity index (χ3v) is 6.11. The van der Waals surface area contributed by atoms with Gasteiger partial charge in [-0.2, -0.15) is 10.2 Å². The molecule has 0 unspecified atom stereocenters. The summed E-state index contributed by atoms with van der Waals surface area (Å²) in [5.41, 5.74) is 2.53. The first-order chi connectivity index (χ1) is 14.7. The molecule has 0 amide bonds. The van der Waals surface area contributed by atoms with Gasteiger partial charge in [-0.25, -0.2) is 4.98 Å². The molecule has 174 valence electrons. The van der Waals surface area contributed by atoms with Gasteiger partial charge in [0.15, 0.2) is 0 Å². The van der Waals surface area contributed by atoms with Gasteiger partial charge in [0.2, 0.25) is 5.95 Å². The third kappa shape index (κ3) is 6.96. The van der Waals surface area contributed by atoms with Gasteiger partial charge in [0.25, 0.3) is 0 Å². The molecule has 0 spiro atoms. The summed E-state index contributed by atoms with van der Waals surface area (Å²) in [6.07, 6.45) is 9.90. The molecule has 1 atom stereocenters. The summed E-state index contributed by atoms with van der Waals surface area (Å²) >= 11 is 0. The largest absolute Gasteiger partial charge is 0.355 e. The fourth-order valence-electron chi connectivity index (χ4n) is 4.59. The fourth-order valence-corrected chi connectivity index (χ4v) is 4.59. The van der Waals surface area contributed by atoms with Crippen molar-refractivity contribution in [2.75, 3.05) is 23.3 Å². The minimum Gasteiger partial charge on any atom is -0.355 e. The Labute approximate surface area is 204 Å². The molecule has 8 heteroatoms. The minimum absolute atomic E-state index is 0. The molecule has 32 heavy (non-hydrogen) atoms. The van der Waals surface area contributed by atoms with Gasteiger partial charge in [0.1, 0.15) is 5.82 Å². The number of hydrogen-bond acceptors (Lipinski definition) is 6.